The molecule has 0 spiro atoms. The van der Waals surface area contributed by atoms with Crippen molar-refractivity contribution in [1.29, 1.82) is 0 Å². The average Bonchev–Trinajstić information content (AvgIpc) is 3.05. The van der Waals surface area contributed by atoms with E-state index in [1.807, 2.05) is 24.1 Å². The number of likely N-dealkylation sites (tertiary alicyclic amines) is 2. The molecule has 140 valence electrons. The zero-order valence-electron chi connectivity index (χ0n) is 15.7. The predicted octanol–water partition coefficient (Wildman–Crippen LogP) is 0.580. The summed E-state index contributed by atoms with van der Waals surface area (Å²) in [7, 11) is 6.06. The van der Waals surface area contributed by atoms with Gasteiger partial charge in [-0.15, -0.1) is 0 Å². The molecule has 2 atom stereocenters. The van der Waals surface area contributed by atoms with E-state index in [4.69, 9.17) is 0 Å². The van der Waals surface area contributed by atoms with Crippen LogP contribution in [0.2, 0.25) is 0 Å². The minimum Gasteiger partial charge on any atom is -0.481 e. The van der Waals surface area contributed by atoms with Crippen molar-refractivity contribution in [2.24, 2.45) is 18.4 Å². The standard InChI is InChI=1S/C18H31N5O2/c1-20(2)7-8-23-13-16-12-22(11-15-9-19-21(3)10-15)6-4-5-18(16,14-23)17(24)25/h9-10,16H,4-8,11-14H2,1-3H3,(H,24,25)/t16-,18-/m0/s1. The second-order valence-electron chi connectivity index (χ2n) is 8.06. The highest BCUT2D eigenvalue weighted by Gasteiger charge is 2.53. The van der Waals surface area contributed by atoms with Gasteiger partial charge in [-0.3, -0.25) is 14.4 Å². The zero-order valence-corrected chi connectivity index (χ0v) is 15.7. The van der Waals surface area contributed by atoms with Gasteiger partial charge >= 0.3 is 5.97 Å². The molecule has 3 heterocycles. The van der Waals surface area contributed by atoms with Crippen LogP contribution < -0.4 is 0 Å². The van der Waals surface area contributed by atoms with Crippen molar-refractivity contribution < 1.29 is 9.90 Å². The first-order chi connectivity index (χ1) is 11.9. The lowest BCUT2D eigenvalue weighted by Crippen LogP contribution is -2.41. The summed E-state index contributed by atoms with van der Waals surface area (Å²) >= 11 is 0. The second-order valence-corrected chi connectivity index (χ2v) is 8.06. The van der Waals surface area contributed by atoms with Crippen LogP contribution in [0.25, 0.3) is 0 Å². The average molecular weight is 349 g/mol. The van der Waals surface area contributed by atoms with Crippen molar-refractivity contribution in [3.05, 3.63) is 18.0 Å². The van der Waals surface area contributed by atoms with Crippen LogP contribution in [-0.4, -0.2) is 88.9 Å². The van der Waals surface area contributed by atoms with Gasteiger partial charge in [0.05, 0.1) is 11.6 Å². The van der Waals surface area contributed by atoms with Crippen LogP contribution in [-0.2, 0) is 18.4 Å². The Labute approximate surface area is 150 Å². The van der Waals surface area contributed by atoms with Gasteiger partial charge in [0.2, 0.25) is 0 Å². The summed E-state index contributed by atoms with van der Waals surface area (Å²) < 4.78 is 1.83. The minimum absolute atomic E-state index is 0.200. The van der Waals surface area contributed by atoms with E-state index in [1.165, 1.54) is 5.56 Å². The molecule has 2 saturated heterocycles. The molecule has 1 aromatic rings. The fourth-order valence-corrected chi connectivity index (χ4v) is 4.43. The molecule has 0 saturated carbocycles. The lowest BCUT2D eigenvalue weighted by molar-refractivity contribution is -0.151. The summed E-state index contributed by atoms with van der Waals surface area (Å²) in [4.78, 5) is 19.1. The molecule has 2 aliphatic heterocycles. The molecule has 2 fully saturated rings. The van der Waals surface area contributed by atoms with Gasteiger partial charge in [-0.05, 0) is 33.5 Å². The maximum absolute atomic E-state index is 12.2. The molecule has 0 bridgehead atoms. The Morgan fingerprint density at radius 3 is 2.80 bits per heavy atom. The smallest absolute Gasteiger partial charge is 0.311 e. The number of carbonyl (C=O) groups is 1. The molecule has 2 aliphatic rings. The Hall–Kier alpha value is -1.44. The maximum Gasteiger partial charge on any atom is 0.311 e. The van der Waals surface area contributed by atoms with Gasteiger partial charge in [0, 0.05) is 64.0 Å². The first-order valence-corrected chi connectivity index (χ1v) is 9.19. The van der Waals surface area contributed by atoms with Gasteiger partial charge < -0.3 is 14.9 Å². The van der Waals surface area contributed by atoms with E-state index in [2.05, 4.69) is 33.9 Å². The molecule has 7 nitrogen and oxygen atoms in total. The number of fused-ring (bicyclic) bond motifs is 1. The van der Waals surface area contributed by atoms with Crippen molar-refractivity contribution in [3.8, 4) is 0 Å². The summed E-state index contributed by atoms with van der Waals surface area (Å²) in [6, 6.07) is 0. The van der Waals surface area contributed by atoms with E-state index in [1.54, 1.807) is 0 Å². The number of rotatable bonds is 6. The van der Waals surface area contributed by atoms with Gasteiger partial charge in [-0.1, -0.05) is 0 Å². The van der Waals surface area contributed by atoms with Crippen molar-refractivity contribution in [1.82, 2.24) is 24.5 Å². The summed E-state index contributed by atoms with van der Waals surface area (Å²) in [5, 5.41) is 14.3. The molecule has 0 aliphatic carbocycles. The van der Waals surface area contributed by atoms with Gasteiger partial charge in [0.1, 0.15) is 0 Å². The number of carboxylic acids is 1. The molecule has 3 rings (SSSR count). The third-order valence-electron chi connectivity index (χ3n) is 5.80. The van der Waals surface area contributed by atoms with Crippen LogP contribution in [0.4, 0.5) is 0 Å². The van der Waals surface area contributed by atoms with Gasteiger partial charge in [-0.25, -0.2) is 0 Å². The molecule has 0 aromatic carbocycles. The Kier molecular flexibility index (Phi) is 5.46. The van der Waals surface area contributed by atoms with Crippen molar-refractivity contribution in [2.45, 2.75) is 19.4 Å². The van der Waals surface area contributed by atoms with E-state index in [9.17, 15) is 9.90 Å². The highest BCUT2D eigenvalue weighted by atomic mass is 16.4. The van der Waals surface area contributed by atoms with Crippen LogP contribution >= 0.6 is 0 Å². The lowest BCUT2D eigenvalue weighted by atomic mass is 9.75. The van der Waals surface area contributed by atoms with E-state index in [0.717, 1.165) is 52.1 Å². The quantitative estimate of drug-likeness (QED) is 0.811. The molecule has 0 radical (unpaired) electrons. The topological polar surface area (TPSA) is 64.8 Å². The molecule has 1 aromatic heterocycles. The number of hydrogen-bond acceptors (Lipinski definition) is 5. The van der Waals surface area contributed by atoms with E-state index >= 15 is 0 Å². The predicted molar refractivity (Wildman–Crippen MR) is 96.3 cm³/mol. The first-order valence-electron chi connectivity index (χ1n) is 9.19. The molecular formula is C18H31N5O2. The second kappa shape index (κ2) is 7.43. The SMILES string of the molecule is CN(C)CCN1C[C@@H]2CN(Cc3cnn(C)c3)CCC[C@]2(C(=O)O)C1. The minimum atomic E-state index is -0.604. The van der Waals surface area contributed by atoms with Crippen LogP contribution in [0.3, 0.4) is 0 Å². The van der Waals surface area contributed by atoms with Crippen molar-refractivity contribution in [3.63, 3.8) is 0 Å². The summed E-state index contributed by atoms with van der Waals surface area (Å²) in [6.07, 6.45) is 5.69. The molecular weight excluding hydrogens is 318 g/mol. The Bertz CT molecular complexity index is 602. The first kappa shape index (κ1) is 18.4. The number of aromatic nitrogens is 2. The van der Waals surface area contributed by atoms with E-state index < -0.39 is 11.4 Å². The highest BCUT2D eigenvalue weighted by molar-refractivity contribution is 5.76. The van der Waals surface area contributed by atoms with E-state index in [-0.39, 0.29) is 5.92 Å². The number of likely N-dealkylation sites (N-methyl/N-ethyl adjacent to an activating group) is 1. The van der Waals surface area contributed by atoms with Crippen LogP contribution in [0, 0.1) is 11.3 Å². The molecule has 0 unspecified atom stereocenters. The van der Waals surface area contributed by atoms with Crippen molar-refractivity contribution in [2.75, 3.05) is 53.4 Å². The molecule has 0 amide bonds. The third kappa shape index (κ3) is 4.04. The van der Waals surface area contributed by atoms with Crippen molar-refractivity contribution >= 4 is 5.97 Å². The number of carboxylic acid groups (broad SMARTS) is 1. The summed E-state index contributed by atoms with van der Waals surface area (Å²) in [5.74, 6) is -0.403. The van der Waals surface area contributed by atoms with Crippen LogP contribution in [0.1, 0.15) is 18.4 Å². The van der Waals surface area contributed by atoms with Crippen LogP contribution in [0.5, 0.6) is 0 Å². The number of aliphatic carboxylic acids is 1. The van der Waals surface area contributed by atoms with Gasteiger partial charge in [0.25, 0.3) is 0 Å². The zero-order chi connectivity index (χ0) is 18.0. The van der Waals surface area contributed by atoms with E-state index in [0.29, 0.717) is 6.54 Å². The maximum atomic E-state index is 12.2. The fourth-order valence-electron chi connectivity index (χ4n) is 4.43. The molecule has 7 heteroatoms. The van der Waals surface area contributed by atoms with Gasteiger partial charge in [-0.2, -0.15) is 5.10 Å². The highest BCUT2D eigenvalue weighted by Crippen LogP contribution is 2.43. The van der Waals surface area contributed by atoms with Gasteiger partial charge in [0.15, 0.2) is 0 Å². The Morgan fingerprint density at radius 2 is 2.16 bits per heavy atom. The fraction of sp³-hybridized carbons (Fsp3) is 0.778. The number of aryl methyl sites for hydroxylation is 1. The molecule has 1 N–H and O–H groups in total. The number of nitrogens with zero attached hydrogens (tertiary/aromatic N) is 5. The Balaban J connectivity index is 1.70. The number of hydrogen-bond donors (Lipinski definition) is 1. The normalized spacial score (nSPS) is 28.2. The summed E-state index contributed by atoms with van der Waals surface area (Å²) in [5.41, 5.74) is 0.628. The third-order valence-corrected chi connectivity index (χ3v) is 5.80. The summed E-state index contributed by atoms with van der Waals surface area (Å²) in [6.45, 7) is 6.20. The lowest BCUT2D eigenvalue weighted by Gasteiger charge is -2.29. The molecule has 25 heavy (non-hydrogen) atoms. The van der Waals surface area contributed by atoms with Crippen LogP contribution in [0.15, 0.2) is 12.4 Å². The monoisotopic (exact) mass is 349 g/mol. The largest absolute Gasteiger partial charge is 0.481 e. The Morgan fingerprint density at radius 1 is 1.40 bits per heavy atom.